The van der Waals surface area contributed by atoms with E-state index in [0.717, 1.165) is 94.7 Å². The third-order valence-electron chi connectivity index (χ3n) is 12.5. The fraction of sp³-hybridized carbons (Fsp3) is 0.579. The first-order valence-corrected chi connectivity index (χ1v) is 19.5. The molecule has 5 fully saturated rings. The molecule has 5 aliphatic heterocycles. The maximum atomic E-state index is 17.6. The molecule has 4 aromatic rings. The number of benzene rings is 1. The molecule has 1 saturated carbocycles. The Balaban J connectivity index is 1.09. The summed E-state index contributed by atoms with van der Waals surface area (Å²) in [5.41, 5.74) is 7.94. The van der Waals surface area contributed by atoms with Gasteiger partial charge < -0.3 is 34.9 Å². The molecule has 1 aromatic carbocycles. The van der Waals surface area contributed by atoms with Gasteiger partial charge in [-0.05, 0) is 43.7 Å². The maximum absolute atomic E-state index is 17.6. The minimum absolute atomic E-state index is 0.00465. The van der Waals surface area contributed by atoms with Crippen molar-refractivity contribution in [3.05, 3.63) is 34.5 Å². The zero-order chi connectivity index (χ0) is 36.2. The van der Waals surface area contributed by atoms with E-state index in [0.29, 0.717) is 41.8 Å². The fourth-order valence-corrected chi connectivity index (χ4v) is 10.8. The molecule has 3 N–H and O–H groups in total. The lowest BCUT2D eigenvalue weighted by molar-refractivity contribution is 0.111. The van der Waals surface area contributed by atoms with E-state index in [2.05, 4.69) is 25.8 Å². The van der Waals surface area contributed by atoms with Crippen LogP contribution in [0.15, 0.2) is 6.20 Å². The van der Waals surface area contributed by atoms with Crippen LogP contribution in [-0.4, -0.2) is 107 Å². The average molecular weight is 745 g/mol. The molecule has 10 rings (SSSR count). The lowest BCUT2D eigenvalue weighted by atomic mass is 9.93. The Labute approximate surface area is 309 Å². The largest absolute Gasteiger partial charge is 0.463 e. The Bertz CT molecular complexity index is 2160. The Morgan fingerprint density at radius 1 is 1.06 bits per heavy atom. The Hall–Kier alpha value is -3.78. The molecule has 5 unspecified atom stereocenters. The summed E-state index contributed by atoms with van der Waals surface area (Å²) in [7, 11) is 0. The number of nitrogen functional groups attached to an aromatic ring is 1. The van der Waals surface area contributed by atoms with Crippen molar-refractivity contribution in [2.24, 2.45) is 17.3 Å². The molecule has 2 bridgehead atoms. The van der Waals surface area contributed by atoms with Crippen molar-refractivity contribution >= 4 is 43.1 Å². The first-order valence-electron chi connectivity index (χ1n) is 18.7. The third-order valence-corrected chi connectivity index (χ3v) is 13.5. The van der Waals surface area contributed by atoms with Gasteiger partial charge in [-0.25, -0.2) is 8.78 Å². The summed E-state index contributed by atoms with van der Waals surface area (Å²) < 4.78 is 51.1. The summed E-state index contributed by atoms with van der Waals surface area (Å²) in [5.74, 6) is 0.571. The molecular weight excluding hydrogens is 703 g/mol. The van der Waals surface area contributed by atoms with Crippen LogP contribution in [0, 0.1) is 40.2 Å². The second-order valence-electron chi connectivity index (χ2n) is 16.2. The maximum Gasteiger partial charge on any atom is 0.319 e. The van der Waals surface area contributed by atoms with Crippen LogP contribution in [0.25, 0.3) is 32.2 Å². The summed E-state index contributed by atoms with van der Waals surface area (Å²) in [4.78, 5) is 21.5. The molecule has 1 aliphatic carbocycles. The van der Waals surface area contributed by atoms with E-state index in [9.17, 15) is 10.4 Å². The van der Waals surface area contributed by atoms with Gasteiger partial charge in [-0.15, -0.1) is 11.3 Å². The zero-order valence-corrected chi connectivity index (χ0v) is 30.4. The number of nitrogens with two attached hydrogens (primary N) is 1. The van der Waals surface area contributed by atoms with Gasteiger partial charge in [-0.3, -0.25) is 9.88 Å². The molecule has 15 heteroatoms. The van der Waals surface area contributed by atoms with Gasteiger partial charge in [0, 0.05) is 79.6 Å². The van der Waals surface area contributed by atoms with Crippen molar-refractivity contribution in [2.45, 2.75) is 64.0 Å². The number of thiophene rings is 1. The van der Waals surface area contributed by atoms with Gasteiger partial charge in [0.1, 0.15) is 22.4 Å². The van der Waals surface area contributed by atoms with E-state index in [-0.39, 0.29) is 74.1 Å². The van der Waals surface area contributed by atoms with Gasteiger partial charge in [0.25, 0.3) is 0 Å². The highest BCUT2D eigenvalue weighted by Crippen LogP contribution is 2.50. The Morgan fingerprint density at radius 3 is 2.49 bits per heavy atom. The number of aliphatic hydroxyl groups excluding tert-OH is 1. The molecule has 278 valence electrons. The first kappa shape index (κ1) is 33.8. The number of aliphatic hydroxyl groups is 1. The number of hydrogen-bond donors (Lipinski definition) is 2. The number of nitriles is 1. The summed E-state index contributed by atoms with van der Waals surface area (Å²) in [6, 6.07) is 2.43. The molecule has 0 spiro atoms. The van der Waals surface area contributed by atoms with Gasteiger partial charge >= 0.3 is 6.01 Å². The normalized spacial score (nSPS) is 26.7. The number of rotatable bonds is 9. The lowest BCUT2D eigenvalue weighted by Gasteiger charge is -2.42. The SMILES string of the molecule is CC(O)CN1CC2CCC(C1)N2c1nc(OCC2(CN3CC4COCC4C3)CC2)nc2c(F)c(-c3ncc(F)c4sc(N)c(C#N)c34)c3c(c12)COC3. The average Bonchev–Trinajstić information content (AvgIpc) is 3.61. The number of hydrogen-bond acceptors (Lipinski definition) is 13. The Kier molecular flexibility index (Phi) is 8.05. The van der Waals surface area contributed by atoms with Crippen molar-refractivity contribution in [3.8, 4) is 23.3 Å². The number of piperazine rings is 1. The predicted molar refractivity (Wildman–Crippen MR) is 194 cm³/mol. The zero-order valence-electron chi connectivity index (χ0n) is 29.6. The number of pyridine rings is 1. The van der Waals surface area contributed by atoms with E-state index in [1.54, 1.807) is 0 Å². The molecule has 3 aromatic heterocycles. The number of anilines is 2. The summed E-state index contributed by atoms with van der Waals surface area (Å²) in [6.45, 7) is 9.36. The molecule has 12 nitrogen and oxygen atoms in total. The van der Waals surface area contributed by atoms with Crippen LogP contribution in [-0.2, 0) is 22.7 Å². The van der Waals surface area contributed by atoms with Crippen LogP contribution < -0.4 is 15.4 Å². The van der Waals surface area contributed by atoms with E-state index in [4.69, 9.17) is 29.9 Å². The quantitative estimate of drug-likeness (QED) is 0.250. The summed E-state index contributed by atoms with van der Waals surface area (Å²) >= 11 is 0.952. The van der Waals surface area contributed by atoms with Crippen LogP contribution in [0.5, 0.6) is 6.01 Å². The number of aromatic nitrogens is 3. The van der Waals surface area contributed by atoms with Crippen molar-refractivity contribution in [1.29, 1.82) is 5.26 Å². The minimum atomic E-state index is -0.640. The van der Waals surface area contributed by atoms with Gasteiger partial charge in [0.15, 0.2) is 11.6 Å². The van der Waals surface area contributed by atoms with Crippen LogP contribution in [0.2, 0.25) is 0 Å². The van der Waals surface area contributed by atoms with Crippen molar-refractivity contribution in [2.75, 3.05) is 69.7 Å². The van der Waals surface area contributed by atoms with Gasteiger partial charge in [0.05, 0.1) is 66.7 Å². The fourth-order valence-electron chi connectivity index (χ4n) is 9.87. The standard InChI is InChI=1S/C38H42F2N8O4S/c1-19(49)8-46-11-22-2-3-23(12-46)48(22)36-30-26-16-51-15-25(26)28(32-29-24(6-41)35(42)53-34(29)27(39)7-43-32)31(40)33(30)44-37(45-36)52-18-38(4-5-38)17-47-9-20-13-50-14-21(20)10-47/h7,19-23,49H,2-5,8-18,42H2,1H3. The number of halogens is 2. The van der Waals surface area contributed by atoms with Gasteiger partial charge in [-0.1, -0.05) is 0 Å². The summed E-state index contributed by atoms with van der Waals surface area (Å²) in [5, 5.41) is 21.1. The topological polar surface area (TPSA) is 146 Å². The molecule has 6 aliphatic rings. The lowest BCUT2D eigenvalue weighted by Crippen LogP contribution is -2.55. The predicted octanol–water partition coefficient (Wildman–Crippen LogP) is 4.44. The van der Waals surface area contributed by atoms with E-state index in [1.165, 1.54) is 0 Å². The van der Waals surface area contributed by atoms with Crippen molar-refractivity contribution in [3.63, 3.8) is 0 Å². The van der Waals surface area contributed by atoms with Crippen LogP contribution in [0.3, 0.4) is 0 Å². The number of β-amino-alcohol motifs (C(OH)–C–C–N with tert-alkyl or cyclic N) is 1. The second kappa shape index (κ2) is 12.6. The van der Waals surface area contributed by atoms with Gasteiger partial charge in [-0.2, -0.15) is 15.2 Å². The molecule has 4 saturated heterocycles. The Morgan fingerprint density at radius 2 is 1.79 bits per heavy atom. The van der Waals surface area contributed by atoms with Crippen LogP contribution in [0.1, 0.15) is 49.3 Å². The van der Waals surface area contributed by atoms with Crippen molar-refractivity contribution in [1.82, 2.24) is 24.8 Å². The highest BCUT2D eigenvalue weighted by molar-refractivity contribution is 7.23. The van der Waals surface area contributed by atoms with E-state index < -0.39 is 17.7 Å². The minimum Gasteiger partial charge on any atom is -0.463 e. The van der Waals surface area contributed by atoms with E-state index >= 15 is 8.78 Å². The molecule has 0 amide bonds. The number of nitrogens with zero attached hydrogens (tertiary/aromatic N) is 7. The number of ether oxygens (including phenoxy) is 3. The number of fused-ring (bicyclic) bond motifs is 7. The van der Waals surface area contributed by atoms with Crippen LogP contribution in [0.4, 0.5) is 19.6 Å². The smallest absolute Gasteiger partial charge is 0.319 e. The van der Waals surface area contributed by atoms with Crippen LogP contribution >= 0.6 is 11.3 Å². The molecule has 5 atom stereocenters. The molecule has 0 radical (unpaired) electrons. The monoisotopic (exact) mass is 744 g/mol. The third kappa shape index (κ3) is 5.55. The second-order valence-corrected chi connectivity index (χ2v) is 17.3. The summed E-state index contributed by atoms with van der Waals surface area (Å²) in [6.07, 6.45) is 4.60. The van der Waals surface area contributed by atoms with Crippen molar-refractivity contribution < 1.29 is 28.1 Å². The first-order chi connectivity index (χ1) is 25.7. The van der Waals surface area contributed by atoms with Gasteiger partial charge in [0.2, 0.25) is 0 Å². The highest BCUT2D eigenvalue weighted by atomic mass is 32.1. The molecule has 8 heterocycles. The molecule has 53 heavy (non-hydrogen) atoms. The van der Waals surface area contributed by atoms with E-state index in [1.807, 2.05) is 6.92 Å². The molecular formula is C38H42F2N8O4S. The number of likely N-dealkylation sites (tertiary alicyclic amines) is 2. The highest BCUT2D eigenvalue weighted by Gasteiger charge is 2.48.